The first-order valence-electron chi connectivity index (χ1n) is 5.96. The van der Waals surface area contributed by atoms with Gasteiger partial charge < -0.3 is 4.74 Å². The maximum absolute atomic E-state index is 12.7. The van der Waals surface area contributed by atoms with Gasteiger partial charge in [-0.15, -0.1) is 0 Å². The summed E-state index contributed by atoms with van der Waals surface area (Å²) >= 11 is 0. The monoisotopic (exact) mass is 275 g/mol. The molecule has 0 saturated carbocycles. The van der Waals surface area contributed by atoms with Gasteiger partial charge in [-0.25, -0.2) is 13.3 Å². The summed E-state index contributed by atoms with van der Waals surface area (Å²) in [6.45, 7) is 0. The Morgan fingerprint density at radius 1 is 1.15 bits per heavy atom. The molecule has 0 N–H and O–H groups in total. The predicted octanol–water partition coefficient (Wildman–Crippen LogP) is 3.34. The van der Waals surface area contributed by atoms with E-state index in [1.807, 2.05) is 0 Å². The van der Waals surface area contributed by atoms with E-state index in [2.05, 4.69) is 10.1 Å². The number of nitrogens with zero attached hydrogens (tertiary/aromatic N) is 3. The molecule has 20 heavy (non-hydrogen) atoms. The third kappa shape index (κ3) is 1.99. The number of aromatic nitrogens is 3. The van der Waals surface area contributed by atoms with Crippen molar-refractivity contribution in [3.63, 3.8) is 0 Å². The third-order valence-electron chi connectivity index (χ3n) is 3.04. The molecule has 3 aromatic rings. The molecule has 0 saturated heterocycles. The highest BCUT2D eigenvalue weighted by atomic mass is 19.3. The Morgan fingerprint density at radius 2 is 2.00 bits per heavy atom. The van der Waals surface area contributed by atoms with Gasteiger partial charge in [-0.05, 0) is 30.3 Å². The Balaban J connectivity index is 2.20. The molecule has 0 radical (unpaired) electrons. The van der Waals surface area contributed by atoms with Crippen LogP contribution in [0.3, 0.4) is 0 Å². The predicted molar refractivity (Wildman–Crippen MR) is 69.9 cm³/mol. The highest BCUT2D eigenvalue weighted by Gasteiger charge is 2.13. The quantitative estimate of drug-likeness (QED) is 0.736. The van der Waals surface area contributed by atoms with Crippen LogP contribution in [-0.2, 0) is 0 Å². The molecule has 0 aliphatic rings. The smallest absolute Gasteiger partial charge is 0.280 e. The summed E-state index contributed by atoms with van der Waals surface area (Å²) in [7, 11) is 1.57. The minimum Gasteiger partial charge on any atom is -0.494 e. The molecule has 6 heteroatoms. The van der Waals surface area contributed by atoms with Crippen molar-refractivity contribution in [2.75, 3.05) is 7.11 Å². The van der Waals surface area contributed by atoms with E-state index in [0.717, 1.165) is 5.52 Å². The number of hydrogen-bond acceptors (Lipinski definition) is 3. The van der Waals surface area contributed by atoms with E-state index in [-0.39, 0.29) is 5.69 Å². The molecule has 0 amide bonds. The molecule has 0 spiro atoms. The van der Waals surface area contributed by atoms with Crippen molar-refractivity contribution in [2.45, 2.75) is 6.43 Å². The van der Waals surface area contributed by atoms with Crippen LogP contribution in [0.2, 0.25) is 0 Å². The summed E-state index contributed by atoms with van der Waals surface area (Å²) < 4.78 is 32.4. The number of ether oxygens (including phenoxy) is 1. The molecule has 3 rings (SSSR count). The first-order chi connectivity index (χ1) is 9.70. The fourth-order valence-corrected chi connectivity index (χ4v) is 2.11. The van der Waals surface area contributed by atoms with E-state index in [1.54, 1.807) is 42.1 Å². The Morgan fingerprint density at radius 3 is 2.75 bits per heavy atom. The van der Waals surface area contributed by atoms with Crippen LogP contribution in [0.15, 0.2) is 42.7 Å². The van der Waals surface area contributed by atoms with E-state index in [9.17, 15) is 8.78 Å². The zero-order chi connectivity index (χ0) is 14.1. The van der Waals surface area contributed by atoms with Crippen LogP contribution in [0.5, 0.6) is 5.75 Å². The van der Waals surface area contributed by atoms with Crippen molar-refractivity contribution in [3.05, 3.63) is 48.4 Å². The van der Waals surface area contributed by atoms with Crippen molar-refractivity contribution in [2.24, 2.45) is 0 Å². The number of fused-ring (bicyclic) bond motifs is 1. The Kier molecular flexibility index (Phi) is 3.06. The molecule has 4 nitrogen and oxygen atoms in total. The SMILES string of the molecule is COc1ccc(-c2ccnc(C(F)F)c2)n2nccc12. The van der Waals surface area contributed by atoms with Gasteiger partial charge in [-0.1, -0.05) is 0 Å². The van der Waals surface area contributed by atoms with Crippen LogP contribution in [0.4, 0.5) is 8.78 Å². The molecule has 0 aromatic carbocycles. The highest BCUT2D eigenvalue weighted by molar-refractivity contribution is 5.69. The molecular weight excluding hydrogens is 264 g/mol. The molecular formula is C14H11F2N3O. The standard InChI is InChI=1S/C14H11F2N3O/c1-20-13-3-2-11(19-12(13)5-7-18-19)9-4-6-17-10(8-9)14(15)16/h2-8,14H,1H3. The van der Waals surface area contributed by atoms with Gasteiger partial charge in [0, 0.05) is 11.8 Å². The molecule has 3 aromatic heterocycles. The van der Waals surface area contributed by atoms with Crippen molar-refractivity contribution >= 4 is 5.52 Å². The molecule has 0 fully saturated rings. The van der Waals surface area contributed by atoms with E-state index in [0.29, 0.717) is 17.0 Å². The highest BCUT2D eigenvalue weighted by Crippen LogP contribution is 2.28. The normalized spacial score (nSPS) is 11.2. The van der Waals surface area contributed by atoms with Crippen molar-refractivity contribution < 1.29 is 13.5 Å². The molecule has 3 heterocycles. The number of hydrogen-bond donors (Lipinski definition) is 0. The summed E-state index contributed by atoms with van der Waals surface area (Å²) in [6.07, 6.45) is 0.411. The van der Waals surface area contributed by atoms with Crippen molar-refractivity contribution in [1.29, 1.82) is 0 Å². The zero-order valence-corrected chi connectivity index (χ0v) is 10.6. The lowest BCUT2D eigenvalue weighted by Gasteiger charge is -2.09. The molecule has 0 bridgehead atoms. The van der Waals surface area contributed by atoms with Crippen LogP contribution in [0.1, 0.15) is 12.1 Å². The summed E-state index contributed by atoms with van der Waals surface area (Å²) in [4.78, 5) is 3.66. The maximum atomic E-state index is 12.7. The van der Waals surface area contributed by atoms with Crippen LogP contribution >= 0.6 is 0 Å². The van der Waals surface area contributed by atoms with Gasteiger partial charge in [0.25, 0.3) is 6.43 Å². The first kappa shape index (κ1) is 12.5. The first-order valence-corrected chi connectivity index (χ1v) is 5.96. The van der Waals surface area contributed by atoms with Crippen LogP contribution in [0.25, 0.3) is 16.8 Å². The molecule has 0 unspecified atom stereocenters. The Bertz CT molecular complexity index is 755. The largest absolute Gasteiger partial charge is 0.494 e. The number of rotatable bonds is 3. The summed E-state index contributed by atoms with van der Waals surface area (Å²) in [6, 6.07) is 8.41. The summed E-state index contributed by atoms with van der Waals surface area (Å²) in [5, 5.41) is 4.21. The Labute approximate surface area is 113 Å². The number of halogens is 2. The number of pyridine rings is 2. The fourth-order valence-electron chi connectivity index (χ4n) is 2.11. The average molecular weight is 275 g/mol. The minimum absolute atomic E-state index is 0.251. The van der Waals surface area contributed by atoms with Crippen LogP contribution < -0.4 is 4.74 Å². The second-order valence-electron chi connectivity index (χ2n) is 4.19. The zero-order valence-electron chi connectivity index (χ0n) is 10.6. The van der Waals surface area contributed by atoms with Gasteiger partial charge in [-0.3, -0.25) is 4.98 Å². The van der Waals surface area contributed by atoms with Crippen molar-refractivity contribution in [1.82, 2.24) is 14.6 Å². The van der Waals surface area contributed by atoms with Gasteiger partial charge >= 0.3 is 0 Å². The summed E-state index contributed by atoms with van der Waals surface area (Å²) in [5.41, 5.74) is 1.86. The van der Waals surface area contributed by atoms with Gasteiger partial charge in [0.15, 0.2) is 0 Å². The van der Waals surface area contributed by atoms with Crippen LogP contribution in [-0.4, -0.2) is 21.7 Å². The van der Waals surface area contributed by atoms with E-state index < -0.39 is 6.43 Å². The van der Waals surface area contributed by atoms with Gasteiger partial charge in [0.2, 0.25) is 0 Å². The lowest BCUT2D eigenvalue weighted by Crippen LogP contribution is -1.98. The minimum atomic E-state index is -2.60. The third-order valence-corrected chi connectivity index (χ3v) is 3.04. The van der Waals surface area contributed by atoms with E-state index in [1.165, 1.54) is 12.3 Å². The molecule has 102 valence electrons. The van der Waals surface area contributed by atoms with E-state index >= 15 is 0 Å². The van der Waals surface area contributed by atoms with Gasteiger partial charge in [-0.2, -0.15) is 5.10 Å². The molecule has 0 aliphatic heterocycles. The molecule has 0 aliphatic carbocycles. The topological polar surface area (TPSA) is 39.4 Å². The number of methoxy groups -OCH3 is 1. The second-order valence-corrected chi connectivity index (χ2v) is 4.19. The second kappa shape index (κ2) is 4.88. The lowest BCUT2D eigenvalue weighted by atomic mass is 10.1. The lowest BCUT2D eigenvalue weighted by molar-refractivity contribution is 0.146. The molecule has 0 atom stereocenters. The van der Waals surface area contributed by atoms with Gasteiger partial charge in [0.1, 0.15) is 17.0 Å². The average Bonchev–Trinajstić information content (AvgIpc) is 2.95. The maximum Gasteiger partial charge on any atom is 0.280 e. The van der Waals surface area contributed by atoms with Crippen molar-refractivity contribution in [3.8, 4) is 17.0 Å². The van der Waals surface area contributed by atoms with Crippen LogP contribution in [0, 0.1) is 0 Å². The Hall–Kier alpha value is -2.50. The number of alkyl halides is 2. The summed E-state index contributed by atoms with van der Waals surface area (Å²) in [5.74, 6) is 0.675. The van der Waals surface area contributed by atoms with Gasteiger partial charge in [0.05, 0.1) is 19.0 Å². The fraction of sp³-hybridized carbons (Fsp3) is 0.143. The van der Waals surface area contributed by atoms with E-state index in [4.69, 9.17) is 4.74 Å².